The number of carbonyl (C=O) groups is 1. The Kier molecular flexibility index (Phi) is 6.57. The maximum absolute atomic E-state index is 13.0. The van der Waals surface area contributed by atoms with Crippen LogP contribution in [0.25, 0.3) is 0 Å². The number of nitro benzene ring substituents is 1. The number of nitrogens with zero attached hydrogens (tertiary/aromatic N) is 3. The molecule has 2 rings (SSSR count). The first-order valence-corrected chi connectivity index (χ1v) is 8.51. The van der Waals surface area contributed by atoms with Gasteiger partial charge in [-0.3, -0.25) is 19.6 Å². The maximum atomic E-state index is 13.0. The molecule has 0 unspecified atom stereocenters. The van der Waals surface area contributed by atoms with Gasteiger partial charge in [0.05, 0.1) is 4.92 Å². The van der Waals surface area contributed by atoms with Gasteiger partial charge in [-0.1, -0.05) is 18.5 Å². The quantitative estimate of drug-likeness (QED) is 0.523. The number of ether oxygens (including phenoxy) is 2. The Morgan fingerprint density at radius 3 is 2.59 bits per heavy atom. The normalized spacial score (nSPS) is 12.4. The number of likely N-dealkylation sites (N-methyl/N-ethyl adjacent to an activating group) is 1. The van der Waals surface area contributed by atoms with Gasteiger partial charge in [-0.2, -0.15) is 13.2 Å². The fourth-order valence-electron chi connectivity index (χ4n) is 2.40. The van der Waals surface area contributed by atoms with Gasteiger partial charge in [-0.05, 0) is 12.5 Å². The van der Waals surface area contributed by atoms with Crippen molar-refractivity contribution in [3.63, 3.8) is 0 Å². The van der Waals surface area contributed by atoms with E-state index in [1.807, 2.05) is 0 Å². The van der Waals surface area contributed by atoms with E-state index in [1.54, 1.807) is 6.92 Å². The van der Waals surface area contributed by atoms with Gasteiger partial charge < -0.3 is 14.8 Å². The van der Waals surface area contributed by atoms with E-state index in [9.17, 15) is 28.1 Å². The second kappa shape index (κ2) is 8.55. The van der Waals surface area contributed by atoms with Crippen LogP contribution in [-0.4, -0.2) is 33.8 Å². The van der Waals surface area contributed by atoms with Gasteiger partial charge in [0.1, 0.15) is 10.8 Å². The molecule has 158 valence electrons. The summed E-state index contributed by atoms with van der Waals surface area (Å²) in [5, 5.41) is 16.4. The van der Waals surface area contributed by atoms with Crippen LogP contribution in [-0.2, 0) is 18.0 Å². The van der Waals surface area contributed by atoms with Gasteiger partial charge in [0, 0.05) is 26.2 Å². The number of benzene rings is 1. The lowest BCUT2D eigenvalue weighted by Gasteiger charge is -2.16. The highest BCUT2D eigenvalue weighted by Crippen LogP contribution is 2.41. The van der Waals surface area contributed by atoms with Gasteiger partial charge >= 0.3 is 11.9 Å². The first kappa shape index (κ1) is 22.3. The Bertz CT molecular complexity index is 932. The largest absolute Gasteiger partial charge is 0.473 e. The van der Waals surface area contributed by atoms with Crippen LogP contribution >= 0.6 is 11.6 Å². The number of aromatic nitrogens is 2. The number of amides is 1. The van der Waals surface area contributed by atoms with Crippen molar-refractivity contribution in [1.29, 1.82) is 0 Å². The van der Waals surface area contributed by atoms with Crippen LogP contribution in [0.4, 0.5) is 18.9 Å². The molecule has 0 aliphatic carbocycles. The van der Waals surface area contributed by atoms with Crippen molar-refractivity contribution in [1.82, 2.24) is 15.1 Å². The lowest BCUT2D eigenvalue weighted by molar-refractivity contribution is -0.386. The number of halogens is 4. The van der Waals surface area contributed by atoms with E-state index >= 15 is 0 Å². The van der Waals surface area contributed by atoms with E-state index in [0.717, 1.165) is 25.2 Å². The molecule has 0 fully saturated rings. The predicted molar refractivity (Wildman–Crippen MR) is 95.2 cm³/mol. The fourth-order valence-corrected chi connectivity index (χ4v) is 2.70. The zero-order valence-electron chi connectivity index (χ0n) is 15.4. The SMILES string of the molecule is CC[C@@H](Oc1cc(Oc2nn(C)c(C(F)(F)F)c2Cl)ccc1[N+](=O)[O-])C(=O)NC. The van der Waals surface area contributed by atoms with Crippen LogP contribution in [0.2, 0.25) is 5.02 Å². The van der Waals surface area contributed by atoms with Crippen molar-refractivity contribution in [2.24, 2.45) is 7.05 Å². The van der Waals surface area contributed by atoms with Crippen molar-refractivity contribution in [3.8, 4) is 17.4 Å². The minimum absolute atomic E-state index is 0.119. The predicted octanol–water partition coefficient (Wildman–Crippen LogP) is 3.70. The van der Waals surface area contributed by atoms with Gasteiger partial charge in [-0.15, -0.1) is 5.10 Å². The Labute approximate surface area is 167 Å². The van der Waals surface area contributed by atoms with E-state index in [4.69, 9.17) is 21.1 Å². The van der Waals surface area contributed by atoms with Crippen LogP contribution in [0.1, 0.15) is 19.0 Å². The Balaban J connectivity index is 2.41. The van der Waals surface area contributed by atoms with Gasteiger partial charge in [0.25, 0.3) is 11.8 Å². The summed E-state index contributed by atoms with van der Waals surface area (Å²) in [6.45, 7) is 1.64. The molecule has 1 atom stereocenters. The number of hydrogen-bond acceptors (Lipinski definition) is 6. The first-order valence-electron chi connectivity index (χ1n) is 8.13. The molecular formula is C16H16ClF3N4O5. The van der Waals surface area contributed by atoms with Crippen LogP contribution in [0.3, 0.4) is 0 Å². The standard InChI is InChI=1S/C16H16ClF3N4O5/c1-4-10(14(25)21-2)29-11-7-8(5-6-9(11)24(26)27)28-15-12(17)13(16(18,19)20)23(3)22-15/h5-7,10H,4H2,1-3H3,(H,21,25)/t10-/m1/s1. The highest BCUT2D eigenvalue weighted by Gasteiger charge is 2.39. The number of carbonyl (C=O) groups excluding carboxylic acids is 1. The van der Waals surface area contributed by atoms with Crippen LogP contribution in [0.15, 0.2) is 18.2 Å². The molecule has 0 bridgehead atoms. The van der Waals surface area contributed by atoms with Gasteiger partial charge in [-0.25, -0.2) is 0 Å². The van der Waals surface area contributed by atoms with Crippen LogP contribution < -0.4 is 14.8 Å². The minimum Gasteiger partial charge on any atom is -0.473 e. The Hall–Kier alpha value is -3.02. The smallest absolute Gasteiger partial charge is 0.434 e. The van der Waals surface area contributed by atoms with Crippen LogP contribution in [0.5, 0.6) is 17.4 Å². The lowest BCUT2D eigenvalue weighted by Crippen LogP contribution is -2.35. The highest BCUT2D eigenvalue weighted by atomic mass is 35.5. The average Bonchev–Trinajstić information content (AvgIpc) is 2.92. The third kappa shape index (κ3) is 4.88. The first-order chi connectivity index (χ1) is 13.5. The van der Waals surface area contributed by atoms with Crippen molar-refractivity contribution in [3.05, 3.63) is 39.0 Å². The topological polar surface area (TPSA) is 109 Å². The molecule has 0 spiro atoms. The summed E-state index contributed by atoms with van der Waals surface area (Å²) in [4.78, 5) is 22.3. The van der Waals surface area contributed by atoms with E-state index in [1.165, 1.54) is 7.05 Å². The molecule has 1 amide bonds. The number of nitro groups is 1. The van der Waals surface area contributed by atoms with Crippen molar-refractivity contribution >= 4 is 23.2 Å². The Morgan fingerprint density at radius 2 is 2.10 bits per heavy atom. The van der Waals surface area contributed by atoms with Crippen LogP contribution in [0, 0.1) is 10.1 Å². The summed E-state index contributed by atoms with van der Waals surface area (Å²) in [7, 11) is 2.42. The molecule has 0 saturated carbocycles. The minimum atomic E-state index is -4.76. The molecule has 29 heavy (non-hydrogen) atoms. The van der Waals surface area contributed by atoms with Crippen molar-refractivity contribution in [2.75, 3.05) is 7.05 Å². The van der Waals surface area contributed by atoms with Crippen molar-refractivity contribution in [2.45, 2.75) is 25.6 Å². The summed E-state index contributed by atoms with van der Waals surface area (Å²) >= 11 is 5.73. The number of alkyl halides is 3. The highest BCUT2D eigenvalue weighted by molar-refractivity contribution is 6.32. The van der Waals surface area contributed by atoms with Crippen molar-refractivity contribution < 1.29 is 32.4 Å². The number of aryl methyl sites for hydroxylation is 1. The zero-order valence-corrected chi connectivity index (χ0v) is 16.2. The summed E-state index contributed by atoms with van der Waals surface area (Å²) in [6, 6.07) is 3.24. The third-order valence-electron chi connectivity index (χ3n) is 3.75. The molecule has 2 aromatic rings. The molecule has 1 N–H and O–H groups in total. The lowest BCUT2D eigenvalue weighted by atomic mass is 10.2. The molecule has 13 heteroatoms. The maximum Gasteiger partial charge on any atom is 0.434 e. The second-order valence-corrected chi connectivity index (χ2v) is 6.08. The molecule has 9 nitrogen and oxygen atoms in total. The average molecular weight is 437 g/mol. The van der Waals surface area contributed by atoms with E-state index in [0.29, 0.717) is 4.68 Å². The molecule has 1 aromatic heterocycles. The summed E-state index contributed by atoms with van der Waals surface area (Å²) in [6.07, 6.45) is -5.57. The number of hydrogen-bond donors (Lipinski definition) is 1. The molecule has 1 aromatic carbocycles. The fraction of sp³-hybridized carbons (Fsp3) is 0.375. The van der Waals surface area contributed by atoms with E-state index in [2.05, 4.69) is 10.4 Å². The molecule has 0 aliphatic heterocycles. The number of rotatable bonds is 7. The summed E-state index contributed by atoms with van der Waals surface area (Å²) in [5.74, 6) is -1.47. The molecular weight excluding hydrogens is 421 g/mol. The summed E-state index contributed by atoms with van der Waals surface area (Å²) in [5.41, 5.74) is -1.67. The molecule has 0 radical (unpaired) electrons. The zero-order chi connectivity index (χ0) is 21.9. The Morgan fingerprint density at radius 1 is 1.45 bits per heavy atom. The van der Waals surface area contributed by atoms with Gasteiger partial charge in [0.15, 0.2) is 11.8 Å². The third-order valence-corrected chi connectivity index (χ3v) is 4.09. The monoisotopic (exact) mass is 436 g/mol. The second-order valence-electron chi connectivity index (χ2n) is 5.71. The summed E-state index contributed by atoms with van der Waals surface area (Å²) < 4.78 is 50.3. The van der Waals surface area contributed by atoms with E-state index in [-0.39, 0.29) is 17.9 Å². The van der Waals surface area contributed by atoms with Gasteiger partial charge in [0.2, 0.25) is 5.75 Å². The number of nitrogens with one attached hydrogen (secondary N) is 1. The molecule has 1 heterocycles. The van der Waals surface area contributed by atoms with E-state index < -0.39 is 45.4 Å². The molecule has 0 aliphatic rings. The molecule has 0 saturated heterocycles.